The van der Waals surface area contributed by atoms with E-state index in [1.165, 1.54) is 31.4 Å². The predicted molar refractivity (Wildman–Crippen MR) is 72.9 cm³/mol. The molecule has 1 fully saturated rings. The Morgan fingerprint density at radius 2 is 2.16 bits per heavy atom. The quantitative estimate of drug-likeness (QED) is 0.666. The second-order valence-corrected chi connectivity index (χ2v) is 5.11. The van der Waals surface area contributed by atoms with Gasteiger partial charge in [0.05, 0.1) is 16.2 Å². The van der Waals surface area contributed by atoms with E-state index in [2.05, 4.69) is 12.2 Å². The van der Waals surface area contributed by atoms with Crippen LogP contribution in [0.5, 0.6) is 0 Å². The SMILES string of the molecule is C[C@@H]1CCCC[C@H]1Nc1ccc([N+](=O)[O-])cc1C#N. The van der Waals surface area contributed by atoms with Gasteiger partial charge in [0.2, 0.25) is 0 Å². The lowest BCUT2D eigenvalue weighted by Gasteiger charge is -2.30. The highest BCUT2D eigenvalue weighted by molar-refractivity contribution is 5.61. The van der Waals surface area contributed by atoms with Crippen LogP contribution in [0, 0.1) is 27.4 Å². The number of rotatable bonds is 3. The molecule has 0 unspecified atom stereocenters. The molecule has 1 aromatic rings. The Labute approximate surface area is 112 Å². The molecule has 1 aliphatic carbocycles. The van der Waals surface area contributed by atoms with Gasteiger partial charge in [-0.3, -0.25) is 10.1 Å². The van der Waals surface area contributed by atoms with Crippen molar-refractivity contribution in [1.29, 1.82) is 5.26 Å². The number of hydrogen-bond acceptors (Lipinski definition) is 4. The summed E-state index contributed by atoms with van der Waals surface area (Å²) in [7, 11) is 0. The van der Waals surface area contributed by atoms with Gasteiger partial charge in [0, 0.05) is 18.2 Å². The van der Waals surface area contributed by atoms with Crippen LogP contribution in [0.4, 0.5) is 11.4 Å². The predicted octanol–water partition coefficient (Wildman–Crippen LogP) is 3.46. The van der Waals surface area contributed by atoms with E-state index in [0.29, 0.717) is 23.2 Å². The Bertz CT molecular complexity index is 522. The van der Waals surface area contributed by atoms with E-state index in [4.69, 9.17) is 5.26 Å². The largest absolute Gasteiger partial charge is 0.381 e. The summed E-state index contributed by atoms with van der Waals surface area (Å²) in [5.41, 5.74) is 0.998. The van der Waals surface area contributed by atoms with Crippen molar-refractivity contribution in [3.05, 3.63) is 33.9 Å². The second kappa shape index (κ2) is 5.70. The van der Waals surface area contributed by atoms with E-state index in [1.54, 1.807) is 6.07 Å². The molecular formula is C14H17N3O2. The summed E-state index contributed by atoms with van der Waals surface area (Å²) in [4.78, 5) is 10.2. The lowest BCUT2D eigenvalue weighted by atomic mass is 9.85. The second-order valence-electron chi connectivity index (χ2n) is 5.11. The van der Waals surface area contributed by atoms with Gasteiger partial charge in [-0.2, -0.15) is 5.26 Å². The molecule has 0 spiro atoms. The van der Waals surface area contributed by atoms with Gasteiger partial charge in [-0.15, -0.1) is 0 Å². The Kier molecular flexibility index (Phi) is 4.00. The summed E-state index contributed by atoms with van der Waals surface area (Å²) in [5.74, 6) is 0.565. The topological polar surface area (TPSA) is 79.0 Å². The molecule has 1 aromatic carbocycles. The maximum Gasteiger partial charge on any atom is 0.270 e. The molecule has 0 bridgehead atoms. The average Bonchev–Trinajstić information content (AvgIpc) is 2.41. The number of non-ortho nitro benzene ring substituents is 1. The summed E-state index contributed by atoms with van der Waals surface area (Å²) < 4.78 is 0. The molecule has 1 aliphatic rings. The highest BCUT2D eigenvalue weighted by atomic mass is 16.6. The van der Waals surface area contributed by atoms with E-state index in [0.717, 1.165) is 6.42 Å². The van der Waals surface area contributed by atoms with E-state index in [1.807, 2.05) is 6.07 Å². The van der Waals surface area contributed by atoms with E-state index in [-0.39, 0.29) is 5.69 Å². The minimum atomic E-state index is -0.478. The molecular weight excluding hydrogens is 242 g/mol. The van der Waals surface area contributed by atoms with Crippen LogP contribution in [-0.4, -0.2) is 11.0 Å². The molecule has 0 aromatic heterocycles. The summed E-state index contributed by atoms with van der Waals surface area (Å²) >= 11 is 0. The summed E-state index contributed by atoms with van der Waals surface area (Å²) in [5, 5.41) is 23.2. The number of nitrogens with zero attached hydrogens (tertiary/aromatic N) is 2. The fourth-order valence-corrected chi connectivity index (χ4v) is 2.59. The third-order valence-corrected chi connectivity index (χ3v) is 3.79. The number of benzene rings is 1. The monoisotopic (exact) mass is 259 g/mol. The van der Waals surface area contributed by atoms with Gasteiger partial charge in [0.15, 0.2) is 0 Å². The number of nitrogens with one attached hydrogen (secondary N) is 1. The van der Waals surface area contributed by atoms with Crippen molar-refractivity contribution >= 4 is 11.4 Å². The van der Waals surface area contributed by atoms with Gasteiger partial charge in [-0.25, -0.2) is 0 Å². The van der Waals surface area contributed by atoms with Gasteiger partial charge in [0.1, 0.15) is 6.07 Å². The molecule has 100 valence electrons. The molecule has 1 N–H and O–H groups in total. The number of nitro groups is 1. The van der Waals surface area contributed by atoms with Crippen molar-refractivity contribution in [3.63, 3.8) is 0 Å². The third-order valence-electron chi connectivity index (χ3n) is 3.79. The number of nitro benzene ring substituents is 1. The molecule has 1 saturated carbocycles. The molecule has 0 amide bonds. The van der Waals surface area contributed by atoms with Crippen LogP contribution in [0.15, 0.2) is 18.2 Å². The van der Waals surface area contributed by atoms with Gasteiger partial charge >= 0.3 is 0 Å². The lowest BCUT2D eigenvalue weighted by molar-refractivity contribution is -0.384. The van der Waals surface area contributed by atoms with Crippen molar-refractivity contribution in [1.82, 2.24) is 0 Å². The van der Waals surface area contributed by atoms with Crippen LogP contribution in [0.1, 0.15) is 38.2 Å². The minimum absolute atomic E-state index is 0.0428. The zero-order valence-electron chi connectivity index (χ0n) is 10.9. The van der Waals surface area contributed by atoms with Crippen LogP contribution >= 0.6 is 0 Å². The van der Waals surface area contributed by atoms with Crippen molar-refractivity contribution in [2.24, 2.45) is 5.92 Å². The molecule has 0 aliphatic heterocycles. The minimum Gasteiger partial charge on any atom is -0.381 e. The van der Waals surface area contributed by atoms with Gasteiger partial charge in [-0.1, -0.05) is 19.8 Å². The molecule has 5 nitrogen and oxygen atoms in total. The van der Waals surface area contributed by atoms with E-state index < -0.39 is 4.92 Å². The molecule has 0 saturated heterocycles. The molecule has 19 heavy (non-hydrogen) atoms. The first kappa shape index (κ1) is 13.3. The number of hydrogen-bond donors (Lipinski definition) is 1. The number of nitriles is 1. The maximum absolute atomic E-state index is 10.7. The van der Waals surface area contributed by atoms with Crippen LogP contribution in [0.25, 0.3) is 0 Å². The Balaban J connectivity index is 2.20. The molecule has 0 radical (unpaired) electrons. The normalized spacial score (nSPS) is 22.5. The molecule has 0 heterocycles. The van der Waals surface area contributed by atoms with Crippen LogP contribution < -0.4 is 5.32 Å². The third kappa shape index (κ3) is 3.02. The first-order chi connectivity index (χ1) is 9.11. The first-order valence-corrected chi connectivity index (χ1v) is 6.57. The summed E-state index contributed by atoms with van der Waals surface area (Å²) in [6.45, 7) is 2.20. The molecule has 5 heteroatoms. The first-order valence-electron chi connectivity index (χ1n) is 6.57. The fourth-order valence-electron chi connectivity index (χ4n) is 2.59. The number of anilines is 1. The maximum atomic E-state index is 10.7. The van der Waals surface area contributed by atoms with Crippen LogP contribution in [0.3, 0.4) is 0 Å². The molecule has 2 rings (SSSR count). The summed E-state index contributed by atoms with van der Waals surface area (Å²) in [6, 6.07) is 6.78. The van der Waals surface area contributed by atoms with Gasteiger partial charge in [0.25, 0.3) is 5.69 Å². The van der Waals surface area contributed by atoms with E-state index in [9.17, 15) is 10.1 Å². The van der Waals surface area contributed by atoms with Gasteiger partial charge < -0.3 is 5.32 Å². The highest BCUT2D eigenvalue weighted by Crippen LogP contribution is 2.29. The standard InChI is InChI=1S/C14H17N3O2/c1-10-4-2-3-5-13(10)16-14-7-6-12(17(18)19)8-11(14)9-15/h6-8,10,13,16H,2-5H2,1H3/t10-,13-/m1/s1. The van der Waals surface area contributed by atoms with Crippen molar-refractivity contribution in [2.45, 2.75) is 38.6 Å². The Morgan fingerprint density at radius 3 is 2.79 bits per heavy atom. The van der Waals surface area contributed by atoms with Crippen molar-refractivity contribution < 1.29 is 4.92 Å². The zero-order chi connectivity index (χ0) is 13.8. The lowest BCUT2D eigenvalue weighted by Crippen LogP contribution is -2.30. The highest BCUT2D eigenvalue weighted by Gasteiger charge is 2.22. The van der Waals surface area contributed by atoms with E-state index >= 15 is 0 Å². The smallest absolute Gasteiger partial charge is 0.270 e. The van der Waals surface area contributed by atoms with Crippen LogP contribution in [0.2, 0.25) is 0 Å². The average molecular weight is 259 g/mol. The Hall–Kier alpha value is -2.09. The van der Waals surface area contributed by atoms with Crippen molar-refractivity contribution in [3.8, 4) is 6.07 Å². The fraction of sp³-hybridized carbons (Fsp3) is 0.500. The zero-order valence-corrected chi connectivity index (χ0v) is 10.9. The molecule has 2 atom stereocenters. The van der Waals surface area contributed by atoms with Crippen molar-refractivity contribution in [2.75, 3.05) is 5.32 Å². The van der Waals surface area contributed by atoms with Gasteiger partial charge in [-0.05, 0) is 24.8 Å². The summed E-state index contributed by atoms with van der Waals surface area (Å²) in [6.07, 6.45) is 4.72. The Morgan fingerprint density at radius 1 is 1.42 bits per heavy atom. The van der Waals surface area contributed by atoms with Crippen LogP contribution in [-0.2, 0) is 0 Å².